The van der Waals surface area contributed by atoms with Gasteiger partial charge in [-0.05, 0) is 36.8 Å². The molecule has 0 radical (unpaired) electrons. The van der Waals surface area contributed by atoms with Crippen LogP contribution in [-0.4, -0.2) is 22.3 Å². The Balaban J connectivity index is 1.82. The number of nitro groups is 1. The van der Waals surface area contributed by atoms with E-state index in [2.05, 4.69) is 0 Å². The van der Waals surface area contributed by atoms with Gasteiger partial charge < -0.3 is 4.74 Å². The summed E-state index contributed by atoms with van der Waals surface area (Å²) < 4.78 is 6.01. The molecule has 0 aliphatic carbocycles. The summed E-state index contributed by atoms with van der Waals surface area (Å²) in [7, 11) is 0. The van der Waals surface area contributed by atoms with Gasteiger partial charge >= 0.3 is 5.97 Å². The molecule has 0 spiro atoms. The highest BCUT2D eigenvalue weighted by atomic mass is 16.6. The molecule has 1 aliphatic rings. The first-order chi connectivity index (χ1) is 14.9. The average Bonchev–Trinajstić information content (AvgIpc) is 2.76. The molecule has 2 aromatic rings. The highest BCUT2D eigenvalue weighted by Crippen LogP contribution is 2.41. The van der Waals surface area contributed by atoms with Gasteiger partial charge in [0.05, 0.1) is 4.92 Å². The second-order valence-electron chi connectivity index (χ2n) is 8.33. The molecule has 3 rings (SSSR count). The maximum atomic E-state index is 13.3. The van der Waals surface area contributed by atoms with Crippen LogP contribution in [0.5, 0.6) is 0 Å². The Morgan fingerprint density at radius 2 is 1.84 bits per heavy atom. The van der Waals surface area contributed by atoms with Gasteiger partial charge in [-0.3, -0.25) is 19.7 Å². The second kappa shape index (κ2) is 9.86. The lowest BCUT2D eigenvalue weighted by atomic mass is 9.74. The summed E-state index contributed by atoms with van der Waals surface area (Å²) in [6.45, 7) is 3.90. The van der Waals surface area contributed by atoms with E-state index in [-0.39, 0.29) is 17.9 Å². The topological polar surface area (TPSA) is 86.5 Å². The Morgan fingerprint density at radius 1 is 1.10 bits per heavy atom. The van der Waals surface area contributed by atoms with E-state index in [9.17, 15) is 19.7 Å². The first-order valence-electron chi connectivity index (χ1n) is 10.9. The number of rotatable bonds is 9. The molecule has 6 nitrogen and oxygen atoms in total. The van der Waals surface area contributed by atoms with E-state index in [1.165, 1.54) is 12.1 Å². The quantitative estimate of drug-likeness (QED) is 0.233. The minimum atomic E-state index is -0.922. The van der Waals surface area contributed by atoms with E-state index in [0.29, 0.717) is 24.8 Å². The van der Waals surface area contributed by atoms with Crippen LogP contribution in [0, 0.1) is 16.0 Å². The van der Waals surface area contributed by atoms with Crippen molar-refractivity contribution < 1.29 is 19.2 Å². The van der Waals surface area contributed by atoms with Crippen molar-refractivity contribution >= 4 is 17.4 Å². The van der Waals surface area contributed by atoms with E-state index in [0.717, 1.165) is 18.4 Å². The Kier molecular flexibility index (Phi) is 7.21. The number of Topliss-reactive ketones (excluding diaryl/α,β-unsaturated/α-hetero) is 1. The van der Waals surface area contributed by atoms with Crippen molar-refractivity contribution in [3.63, 3.8) is 0 Å². The summed E-state index contributed by atoms with van der Waals surface area (Å²) in [5, 5.41) is 11.2. The van der Waals surface area contributed by atoms with E-state index >= 15 is 0 Å². The largest absolute Gasteiger partial charge is 0.458 e. The number of esters is 1. The van der Waals surface area contributed by atoms with Gasteiger partial charge in [-0.15, -0.1) is 0 Å². The predicted molar refractivity (Wildman–Crippen MR) is 118 cm³/mol. The number of cyclic esters (lactones) is 1. The molecule has 0 N–H and O–H groups in total. The van der Waals surface area contributed by atoms with E-state index < -0.39 is 28.3 Å². The molecule has 1 saturated heterocycles. The van der Waals surface area contributed by atoms with Gasteiger partial charge in [0.25, 0.3) is 5.69 Å². The van der Waals surface area contributed by atoms with Crippen LogP contribution in [0.4, 0.5) is 5.69 Å². The number of carbonyl (C=O) groups excluding carboxylic acids is 2. The Labute approximate surface area is 182 Å². The fourth-order valence-electron chi connectivity index (χ4n) is 4.67. The van der Waals surface area contributed by atoms with Gasteiger partial charge in [0, 0.05) is 24.5 Å². The standard InChI is InChI=1S/C25H29NO5/c1-3-14-25(15-13-18-9-6-5-7-10-18)17-22(27)23(24(28)31-25)21(4-2)19-11-8-12-20(16-19)26(29)30/h5-12,16,21,23H,3-4,13-15,17H2,1-2H3/t21-,23?,25-/m1/s1. The smallest absolute Gasteiger partial charge is 0.317 e. The van der Waals surface area contributed by atoms with Gasteiger partial charge in [-0.1, -0.05) is 62.7 Å². The third kappa shape index (κ3) is 5.19. The molecule has 164 valence electrons. The van der Waals surface area contributed by atoms with Crippen LogP contribution in [0.3, 0.4) is 0 Å². The molecule has 0 aromatic heterocycles. The number of carbonyl (C=O) groups is 2. The number of aryl methyl sites for hydroxylation is 1. The number of nitrogens with zero attached hydrogens (tertiary/aromatic N) is 1. The van der Waals surface area contributed by atoms with Crippen molar-refractivity contribution in [1.82, 2.24) is 0 Å². The predicted octanol–water partition coefficient (Wildman–Crippen LogP) is 5.39. The number of hydrogen-bond donors (Lipinski definition) is 0. The SMILES string of the molecule is CCC[C@@]1(CCc2ccccc2)CC(=O)C([C@H](CC)c2cccc([N+](=O)[O-])c2)C(=O)O1. The van der Waals surface area contributed by atoms with Crippen LogP contribution < -0.4 is 0 Å². The number of benzene rings is 2. The van der Waals surface area contributed by atoms with Gasteiger partial charge in [0.2, 0.25) is 0 Å². The van der Waals surface area contributed by atoms with Crippen molar-refractivity contribution in [1.29, 1.82) is 0 Å². The second-order valence-corrected chi connectivity index (χ2v) is 8.33. The van der Waals surface area contributed by atoms with Crippen molar-refractivity contribution in [2.75, 3.05) is 0 Å². The molecular formula is C25H29NO5. The number of ketones is 1. The first kappa shape index (κ1) is 22.7. The number of ether oxygens (including phenoxy) is 1. The van der Waals surface area contributed by atoms with Gasteiger partial charge in [-0.25, -0.2) is 0 Å². The zero-order valence-corrected chi connectivity index (χ0v) is 18.1. The summed E-state index contributed by atoms with van der Waals surface area (Å²) >= 11 is 0. The van der Waals surface area contributed by atoms with Crippen molar-refractivity contribution in [2.24, 2.45) is 5.92 Å². The maximum absolute atomic E-state index is 13.3. The molecule has 1 unspecified atom stereocenters. The van der Waals surface area contributed by atoms with Gasteiger partial charge in [0.1, 0.15) is 11.5 Å². The summed E-state index contributed by atoms with van der Waals surface area (Å²) in [5.74, 6) is -1.99. The lowest BCUT2D eigenvalue weighted by molar-refractivity contribution is -0.384. The molecule has 3 atom stereocenters. The lowest BCUT2D eigenvalue weighted by Crippen LogP contribution is -2.49. The summed E-state index contributed by atoms with van der Waals surface area (Å²) in [5.41, 5.74) is 0.942. The average molecular weight is 424 g/mol. The van der Waals surface area contributed by atoms with Crippen LogP contribution >= 0.6 is 0 Å². The van der Waals surface area contributed by atoms with Gasteiger partial charge in [-0.2, -0.15) is 0 Å². The molecule has 31 heavy (non-hydrogen) atoms. The van der Waals surface area contributed by atoms with Crippen LogP contribution in [0.2, 0.25) is 0 Å². The van der Waals surface area contributed by atoms with Crippen molar-refractivity contribution in [3.8, 4) is 0 Å². The molecule has 2 aromatic carbocycles. The van der Waals surface area contributed by atoms with E-state index in [1.807, 2.05) is 44.2 Å². The highest BCUT2D eigenvalue weighted by molar-refractivity contribution is 6.02. The highest BCUT2D eigenvalue weighted by Gasteiger charge is 2.48. The van der Waals surface area contributed by atoms with Crippen molar-refractivity contribution in [3.05, 3.63) is 75.8 Å². The molecule has 1 heterocycles. The monoisotopic (exact) mass is 423 g/mol. The summed E-state index contributed by atoms with van der Waals surface area (Å²) in [6, 6.07) is 16.2. The zero-order valence-electron chi connectivity index (χ0n) is 18.1. The Hall–Kier alpha value is -3.02. The minimum absolute atomic E-state index is 0.0456. The van der Waals surface area contributed by atoms with Crippen LogP contribution in [-0.2, 0) is 20.7 Å². The van der Waals surface area contributed by atoms with Crippen molar-refractivity contribution in [2.45, 2.75) is 63.9 Å². The van der Waals surface area contributed by atoms with E-state index in [1.54, 1.807) is 12.1 Å². The Morgan fingerprint density at radius 3 is 2.45 bits per heavy atom. The number of nitro benzene ring substituents is 1. The van der Waals surface area contributed by atoms with Crippen LogP contribution in [0.15, 0.2) is 54.6 Å². The fraction of sp³-hybridized carbons (Fsp3) is 0.440. The fourth-order valence-corrected chi connectivity index (χ4v) is 4.67. The zero-order chi connectivity index (χ0) is 22.4. The lowest BCUT2D eigenvalue weighted by Gasteiger charge is -2.40. The van der Waals surface area contributed by atoms with Crippen LogP contribution in [0.25, 0.3) is 0 Å². The molecule has 0 bridgehead atoms. The maximum Gasteiger partial charge on any atom is 0.317 e. The molecule has 0 amide bonds. The van der Waals surface area contributed by atoms with E-state index in [4.69, 9.17) is 4.74 Å². The third-order valence-electron chi connectivity index (χ3n) is 6.18. The first-order valence-corrected chi connectivity index (χ1v) is 10.9. The normalized spacial score (nSPS) is 22.1. The Bertz CT molecular complexity index is 922. The minimum Gasteiger partial charge on any atom is -0.458 e. The number of non-ortho nitro benzene ring substituents is 1. The van der Waals surface area contributed by atoms with Gasteiger partial charge in [0.15, 0.2) is 5.78 Å². The van der Waals surface area contributed by atoms with Crippen LogP contribution in [0.1, 0.15) is 63.0 Å². The molecule has 6 heteroatoms. The summed E-state index contributed by atoms with van der Waals surface area (Å²) in [6.07, 6.45) is 3.48. The third-order valence-corrected chi connectivity index (χ3v) is 6.18. The number of hydrogen-bond acceptors (Lipinski definition) is 5. The molecular weight excluding hydrogens is 394 g/mol. The summed E-state index contributed by atoms with van der Waals surface area (Å²) in [4.78, 5) is 37.1. The molecule has 1 fully saturated rings. The molecule has 0 saturated carbocycles. The molecule has 1 aliphatic heterocycles.